The van der Waals surface area contributed by atoms with Crippen molar-refractivity contribution in [2.45, 2.75) is 0 Å². The minimum atomic E-state index is 0.657. The number of oxazole rings is 1. The Kier molecular flexibility index (Phi) is 3.50. The summed E-state index contributed by atoms with van der Waals surface area (Å²) < 4.78 is 6.31. The van der Waals surface area contributed by atoms with Crippen LogP contribution in [-0.4, -0.2) is 4.98 Å². The van der Waals surface area contributed by atoms with Crippen molar-refractivity contribution < 1.29 is 4.42 Å². The van der Waals surface area contributed by atoms with Crippen LogP contribution in [0.5, 0.6) is 0 Å². The van der Waals surface area contributed by atoms with E-state index in [-0.39, 0.29) is 0 Å². The van der Waals surface area contributed by atoms with E-state index in [9.17, 15) is 0 Å². The monoisotopic (exact) mass is 371 g/mol. The zero-order valence-corrected chi connectivity index (χ0v) is 15.7. The molecule has 0 N–H and O–H groups in total. The van der Waals surface area contributed by atoms with E-state index >= 15 is 0 Å². The van der Waals surface area contributed by atoms with Crippen molar-refractivity contribution in [2.75, 3.05) is 0 Å². The summed E-state index contributed by atoms with van der Waals surface area (Å²) in [7, 11) is 0. The first-order valence-corrected chi connectivity index (χ1v) is 9.74. The molecule has 0 bridgehead atoms. The lowest BCUT2D eigenvalue weighted by Gasteiger charge is -2.08. The van der Waals surface area contributed by atoms with E-state index in [0.717, 1.165) is 27.4 Å². The molecule has 0 saturated carbocycles. The topological polar surface area (TPSA) is 26.0 Å². The van der Waals surface area contributed by atoms with Crippen LogP contribution in [-0.2, 0) is 0 Å². The molecule has 1 aromatic heterocycles. The third kappa shape index (κ3) is 2.61. The Morgan fingerprint density at radius 3 is 2.00 bits per heavy atom. The predicted molar refractivity (Wildman–Crippen MR) is 120 cm³/mol. The Balaban J connectivity index is 1.67. The van der Waals surface area contributed by atoms with Gasteiger partial charge in [-0.05, 0) is 51.6 Å². The van der Waals surface area contributed by atoms with Crippen LogP contribution in [0.1, 0.15) is 0 Å². The lowest BCUT2D eigenvalue weighted by Crippen LogP contribution is -1.82. The highest BCUT2D eigenvalue weighted by molar-refractivity contribution is 6.18. The molecule has 0 amide bonds. The molecule has 0 aliphatic heterocycles. The summed E-state index contributed by atoms with van der Waals surface area (Å²) in [6, 6.07) is 35.7. The normalized spacial score (nSPS) is 11.4. The van der Waals surface area contributed by atoms with Crippen molar-refractivity contribution >= 4 is 32.6 Å². The maximum absolute atomic E-state index is 6.31. The maximum atomic E-state index is 6.31. The highest BCUT2D eigenvalue weighted by Gasteiger charge is 2.13. The highest BCUT2D eigenvalue weighted by Crippen LogP contribution is 2.36. The van der Waals surface area contributed by atoms with Crippen LogP contribution in [0.2, 0.25) is 0 Å². The Labute approximate surface area is 168 Å². The number of hydrogen-bond donors (Lipinski definition) is 0. The fourth-order valence-electron chi connectivity index (χ4n) is 4.04. The van der Waals surface area contributed by atoms with Gasteiger partial charge in [-0.15, -0.1) is 0 Å². The zero-order chi connectivity index (χ0) is 19.2. The first-order valence-electron chi connectivity index (χ1n) is 9.74. The van der Waals surface area contributed by atoms with Gasteiger partial charge in [-0.2, -0.15) is 0 Å². The molecule has 0 aliphatic carbocycles. The molecule has 29 heavy (non-hydrogen) atoms. The van der Waals surface area contributed by atoms with E-state index in [1.54, 1.807) is 0 Å². The highest BCUT2D eigenvalue weighted by atomic mass is 16.3. The Morgan fingerprint density at radius 2 is 1.21 bits per heavy atom. The molecule has 0 aliphatic rings. The summed E-state index contributed by atoms with van der Waals surface area (Å²) in [6.45, 7) is 0. The largest absolute Gasteiger partial charge is 0.435 e. The molecule has 6 aromatic rings. The lowest BCUT2D eigenvalue weighted by atomic mass is 9.97. The Morgan fingerprint density at radius 1 is 0.552 bits per heavy atom. The Hall–Kier alpha value is -3.91. The molecule has 0 spiro atoms. The third-order valence-corrected chi connectivity index (χ3v) is 5.48. The second-order valence-electron chi connectivity index (χ2n) is 7.26. The third-order valence-electron chi connectivity index (χ3n) is 5.48. The van der Waals surface area contributed by atoms with Gasteiger partial charge in [0.2, 0.25) is 5.89 Å². The molecular weight excluding hydrogens is 354 g/mol. The van der Waals surface area contributed by atoms with Gasteiger partial charge in [-0.1, -0.05) is 78.9 Å². The molecular formula is C27H17NO. The summed E-state index contributed by atoms with van der Waals surface area (Å²) in [5.41, 5.74) is 5.12. The van der Waals surface area contributed by atoms with Crippen LogP contribution in [0.25, 0.3) is 55.2 Å². The van der Waals surface area contributed by atoms with Crippen molar-refractivity contribution in [2.24, 2.45) is 0 Å². The first-order chi connectivity index (χ1) is 14.4. The number of nitrogens with zero attached hydrogens (tertiary/aromatic N) is 1. The van der Waals surface area contributed by atoms with Crippen molar-refractivity contribution in [3.63, 3.8) is 0 Å². The molecule has 0 radical (unpaired) electrons. The summed E-state index contributed by atoms with van der Waals surface area (Å²) in [6.07, 6.45) is 0. The molecule has 0 saturated heterocycles. The zero-order valence-electron chi connectivity index (χ0n) is 15.7. The number of rotatable bonds is 2. The van der Waals surface area contributed by atoms with Gasteiger partial charge in [0.25, 0.3) is 0 Å². The standard InChI is InChI=1S/C27H17NO/c1-3-7-18(8-4-1)22-14-12-19-11-13-20-15-16-24-26(25(20)23(19)17-22)29-27(28-24)21-9-5-2-6-10-21/h1-17H. The molecule has 1 heterocycles. The molecule has 0 unspecified atom stereocenters. The first kappa shape index (κ1) is 16.1. The van der Waals surface area contributed by atoms with E-state index in [4.69, 9.17) is 9.40 Å². The van der Waals surface area contributed by atoms with Crippen molar-refractivity contribution in [1.82, 2.24) is 4.98 Å². The van der Waals surface area contributed by atoms with Crippen molar-refractivity contribution in [3.8, 4) is 22.6 Å². The molecule has 136 valence electrons. The number of fused-ring (bicyclic) bond motifs is 5. The van der Waals surface area contributed by atoms with E-state index in [0.29, 0.717) is 5.89 Å². The van der Waals surface area contributed by atoms with Gasteiger partial charge in [0, 0.05) is 10.9 Å². The SMILES string of the molecule is c1ccc(-c2ccc3ccc4ccc5nc(-c6ccccc6)oc5c4c3c2)cc1. The van der Waals surface area contributed by atoms with Crippen LogP contribution in [0.4, 0.5) is 0 Å². The van der Waals surface area contributed by atoms with Gasteiger partial charge >= 0.3 is 0 Å². The van der Waals surface area contributed by atoms with Gasteiger partial charge in [0.1, 0.15) is 5.52 Å². The van der Waals surface area contributed by atoms with E-state index < -0.39 is 0 Å². The van der Waals surface area contributed by atoms with E-state index in [2.05, 4.69) is 60.7 Å². The van der Waals surface area contributed by atoms with Gasteiger partial charge in [0.15, 0.2) is 5.58 Å². The quantitative estimate of drug-likeness (QED) is 0.295. The average molecular weight is 371 g/mol. The maximum Gasteiger partial charge on any atom is 0.227 e. The van der Waals surface area contributed by atoms with Crippen molar-refractivity contribution in [1.29, 1.82) is 0 Å². The van der Waals surface area contributed by atoms with Crippen LogP contribution in [0, 0.1) is 0 Å². The molecule has 2 heteroatoms. The number of hydrogen-bond acceptors (Lipinski definition) is 2. The fourth-order valence-corrected chi connectivity index (χ4v) is 4.04. The van der Waals surface area contributed by atoms with Crippen LogP contribution < -0.4 is 0 Å². The van der Waals surface area contributed by atoms with Crippen LogP contribution in [0.15, 0.2) is 108 Å². The molecule has 5 aromatic carbocycles. The summed E-state index contributed by atoms with van der Waals surface area (Å²) in [4.78, 5) is 4.75. The minimum Gasteiger partial charge on any atom is -0.435 e. The summed E-state index contributed by atoms with van der Waals surface area (Å²) in [5.74, 6) is 0.657. The second kappa shape index (κ2) is 6.32. The lowest BCUT2D eigenvalue weighted by molar-refractivity contribution is 0.623. The number of benzene rings is 5. The molecule has 0 fully saturated rings. The Bertz CT molecular complexity index is 1480. The second-order valence-corrected chi connectivity index (χ2v) is 7.26. The molecule has 6 rings (SSSR count). The van der Waals surface area contributed by atoms with Gasteiger partial charge in [-0.3, -0.25) is 0 Å². The van der Waals surface area contributed by atoms with Crippen LogP contribution >= 0.6 is 0 Å². The molecule has 0 atom stereocenters. The molecule has 2 nitrogen and oxygen atoms in total. The van der Waals surface area contributed by atoms with Crippen molar-refractivity contribution in [3.05, 3.63) is 103 Å². The van der Waals surface area contributed by atoms with Crippen LogP contribution in [0.3, 0.4) is 0 Å². The number of aromatic nitrogens is 1. The fraction of sp³-hybridized carbons (Fsp3) is 0. The van der Waals surface area contributed by atoms with E-state index in [1.807, 2.05) is 42.5 Å². The van der Waals surface area contributed by atoms with E-state index in [1.165, 1.54) is 21.9 Å². The predicted octanol–water partition coefficient (Wildman–Crippen LogP) is 7.47. The average Bonchev–Trinajstić information content (AvgIpc) is 3.24. The van der Waals surface area contributed by atoms with Gasteiger partial charge < -0.3 is 4.42 Å². The van der Waals surface area contributed by atoms with Gasteiger partial charge in [-0.25, -0.2) is 4.98 Å². The van der Waals surface area contributed by atoms with Gasteiger partial charge in [0.05, 0.1) is 0 Å². The summed E-state index contributed by atoms with van der Waals surface area (Å²) >= 11 is 0. The minimum absolute atomic E-state index is 0.657. The summed E-state index contributed by atoms with van der Waals surface area (Å²) in [5, 5.41) is 4.66. The smallest absolute Gasteiger partial charge is 0.227 e.